The first-order valence-electron chi connectivity index (χ1n) is 5.70. The first-order valence-corrected chi connectivity index (χ1v) is 6.96. The molecule has 0 saturated heterocycles. The first kappa shape index (κ1) is 12.8. The number of fused-ring (bicyclic) bond motifs is 1. The van der Waals surface area contributed by atoms with E-state index in [2.05, 4.69) is 15.3 Å². The molecule has 0 aliphatic carbocycles. The molecule has 3 aromatic rings. The van der Waals surface area contributed by atoms with Gasteiger partial charge in [-0.1, -0.05) is 11.6 Å². The van der Waals surface area contributed by atoms with Gasteiger partial charge in [0.25, 0.3) is 5.91 Å². The summed E-state index contributed by atoms with van der Waals surface area (Å²) in [4.78, 5) is 20.3. The van der Waals surface area contributed by atoms with E-state index in [4.69, 9.17) is 17.3 Å². The van der Waals surface area contributed by atoms with Crippen LogP contribution in [0.15, 0.2) is 35.8 Å². The van der Waals surface area contributed by atoms with Gasteiger partial charge in [0.15, 0.2) is 0 Å². The van der Waals surface area contributed by atoms with Crippen LogP contribution in [-0.2, 0) is 0 Å². The Hall–Kier alpha value is -2.18. The number of pyridine rings is 1. The van der Waals surface area contributed by atoms with Crippen molar-refractivity contribution in [2.24, 2.45) is 0 Å². The molecular weight excluding hydrogens is 296 g/mol. The highest BCUT2D eigenvalue weighted by Gasteiger charge is 2.13. The molecule has 0 unspecified atom stereocenters. The number of nitrogens with zero attached hydrogens (tertiary/aromatic N) is 2. The maximum atomic E-state index is 12.1. The number of nitrogens with two attached hydrogens (primary N) is 1. The first-order chi connectivity index (χ1) is 9.63. The number of hydrogen-bond donors (Lipinski definition) is 2. The molecule has 0 bridgehead atoms. The molecule has 0 atom stereocenters. The van der Waals surface area contributed by atoms with E-state index >= 15 is 0 Å². The van der Waals surface area contributed by atoms with Gasteiger partial charge in [0.2, 0.25) is 0 Å². The zero-order chi connectivity index (χ0) is 14.1. The minimum Gasteiger partial charge on any atom is -0.384 e. The van der Waals surface area contributed by atoms with Crippen molar-refractivity contribution in [3.63, 3.8) is 0 Å². The van der Waals surface area contributed by atoms with E-state index in [1.54, 1.807) is 23.7 Å². The summed E-state index contributed by atoms with van der Waals surface area (Å²) in [6.45, 7) is 0. The largest absolute Gasteiger partial charge is 0.384 e. The van der Waals surface area contributed by atoms with Crippen molar-refractivity contribution in [2.45, 2.75) is 0 Å². The zero-order valence-electron chi connectivity index (χ0n) is 10.1. The number of nitrogen functional groups attached to an aromatic ring is 1. The van der Waals surface area contributed by atoms with Gasteiger partial charge in [-0.05, 0) is 30.3 Å². The fourth-order valence-corrected chi connectivity index (χ4v) is 2.65. The lowest BCUT2D eigenvalue weighted by Gasteiger charge is -2.06. The molecule has 0 aliphatic rings. The van der Waals surface area contributed by atoms with E-state index in [1.165, 1.54) is 11.3 Å². The molecule has 0 saturated carbocycles. The van der Waals surface area contributed by atoms with Crippen molar-refractivity contribution >= 4 is 50.6 Å². The quantitative estimate of drug-likeness (QED) is 0.762. The summed E-state index contributed by atoms with van der Waals surface area (Å²) in [6, 6.07) is 8.56. The Morgan fingerprint density at radius 2 is 2.15 bits per heavy atom. The number of halogens is 1. The Morgan fingerprint density at radius 1 is 1.30 bits per heavy atom. The van der Waals surface area contributed by atoms with Gasteiger partial charge in [-0.15, -0.1) is 11.3 Å². The zero-order valence-corrected chi connectivity index (χ0v) is 11.7. The van der Waals surface area contributed by atoms with Crippen molar-refractivity contribution in [1.82, 2.24) is 9.97 Å². The summed E-state index contributed by atoms with van der Waals surface area (Å²) < 4.78 is 0.995. The van der Waals surface area contributed by atoms with Crippen LogP contribution in [0.1, 0.15) is 10.5 Å². The smallest absolute Gasteiger partial charge is 0.275 e. The van der Waals surface area contributed by atoms with Crippen LogP contribution in [0.3, 0.4) is 0 Å². The summed E-state index contributed by atoms with van der Waals surface area (Å²) in [5, 5.41) is 3.01. The highest BCUT2D eigenvalue weighted by Crippen LogP contribution is 2.23. The van der Waals surface area contributed by atoms with E-state index in [1.807, 2.05) is 12.1 Å². The van der Waals surface area contributed by atoms with Crippen LogP contribution in [0.2, 0.25) is 5.02 Å². The molecular formula is C13H9ClN4OS. The number of aromatic nitrogens is 2. The summed E-state index contributed by atoms with van der Waals surface area (Å²) in [5.41, 5.74) is 8.98. The average Bonchev–Trinajstić information content (AvgIpc) is 2.89. The van der Waals surface area contributed by atoms with E-state index in [0.717, 1.165) is 10.2 Å². The van der Waals surface area contributed by atoms with E-state index < -0.39 is 5.91 Å². The van der Waals surface area contributed by atoms with Gasteiger partial charge in [-0.2, -0.15) is 0 Å². The Kier molecular flexibility index (Phi) is 3.25. The molecule has 5 nitrogen and oxygen atoms in total. The molecule has 0 spiro atoms. The number of thiazole rings is 1. The number of benzene rings is 1. The van der Waals surface area contributed by atoms with Crippen molar-refractivity contribution < 1.29 is 4.79 Å². The average molecular weight is 305 g/mol. The second-order valence-corrected chi connectivity index (χ2v) is 5.35. The van der Waals surface area contributed by atoms with E-state index in [-0.39, 0.29) is 16.5 Å². The summed E-state index contributed by atoms with van der Waals surface area (Å²) in [6.07, 6.45) is 0. The second kappa shape index (κ2) is 5.07. The van der Waals surface area contributed by atoms with Crippen LogP contribution >= 0.6 is 22.9 Å². The number of carbonyl (C=O) groups excluding carboxylic acids is 1. The lowest BCUT2D eigenvalue weighted by atomic mass is 10.2. The molecule has 1 aromatic carbocycles. The van der Waals surface area contributed by atoms with Gasteiger partial charge < -0.3 is 11.1 Å². The molecule has 0 aliphatic heterocycles. The van der Waals surface area contributed by atoms with Gasteiger partial charge in [0, 0.05) is 5.69 Å². The lowest BCUT2D eigenvalue weighted by Crippen LogP contribution is -2.15. The number of hydrogen-bond acceptors (Lipinski definition) is 5. The minimum atomic E-state index is -0.397. The maximum absolute atomic E-state index is 12.1. The normalized spacial score (nSPS) is 10.7. The standard InChI is InChI=1S/C13H9ClN4OS/c14-8-2-4-11(15)18-12(8)13(19)17-7-1-3-9-10(5-7)20-6-16-9/h1-6H,(H2,15,18)(H,17,19). The lowest BCUT2D eigenvalue weighted by molar-refractivity contribution is 0.102. The summed E-state index contributed by atoms with van der Waals surface area (Å²) in [5.74, 6) is -0.149. The van der Waals surface area contributed by atoms with Gasteiger partial charge in [-0.25, -0.2) is 9.97 Å². The maximum Gasteiger partial charge on any atom is 0.275 e. The highest BCUT2D eigenvalue weighted by molar-refractivity contribution is 7.16. The third-order valence-electron chi connectivity index (χ3n) is 2.67. The fourth-order valence-electron chi connectivity index (χ4n) is 1.74. The van der Waals surface area contributed by atoms with E-state index in [0.29, 0.717) is 5.69 Å². The molecule has 0 fully saturated rings. The molecule has 7 heteroatoms. The molecule has 100 valence electrons. The molecule has 3 rings (SSSR count). The number of anilines is 2. The predicted octanol–water partition coefficient (Wildman–Crippen LogP) is 3.18. The topological polar surface area (TPSA) is 80.9 Å². The van der Waals surface area contributed by atoms with Gasteiger partial charge in [0.05, 0.1) is 20.7 Å². The third-order valence-corrected chi connectivity index (χ3v) is 3.77. The second-order valence-electron chi connectivity index (χ2n) is 4.06. The monoisotopic (exact) mass is 304 g/mol. The summed E-state index contributed by atoms with van der Waals surface area (Å²) in [7, 11) is 0. The van der Waals surface area contributed by atoms with Crippen LogP contribution in [0.25, 0.3) is 10.2 Å². The van der Waals surface area contributed by atoms with Crippen LogP contribution in [0.4, 0.5) is 11.5 Å². The number of nitrogens with one attached hydrogen (secondary N) is 1. The van der Waals surface area contributed by atoms with Crippen LogP contribution in [0, 0.1) is 0 Å². The number of amides is 1. The Balaban J connectivity index is 1.89. The molecule has 20 heavy (non-hydrogen) atoms. The summed E-state index contributed by atoms with van der Waals surface area (Å²) >= 11 is 7.45. The van der Waals surface area contributed by atoms with Crippen molar-refractivity contribution in [3.05, 3.63) is 46.6 Å². The van der Waals surface area contributed by atoms with Crippen LogP contribution in [0.5, 0.6) is 0 Å². The molecule has 2 aromatic heterocycles. The van der Waals surface area contributed by atoms with Gasteiger partial charge >= 0.3 is 0 Å². The Labute approximate surface area is 123 Å². The number of rotatable bonds is 2. The van der Waals surface area contributed by atoms with Gasteiger partial charge in [-0.3, -0.25) is 4.79 Å². The van der Waals surface area contributed by atoms with Crippen LogP contribution in [-0.4, -0.2) is 15.9 Å². The molecule has 2 heterocycles. The van der Waals surface area contributed by atoms with Crippen LogP contribution < -0.4 is 11.1 Å². The van der Waals surface area contributed by atoms with Crippen molar-refractivity contribution in [2.75, 3.05) is 11.1 Å². The van der Waals surface area contributed by atoms with Crippen molar-refractivity contribution in [1.29, 1.82) is 0 Å². The third kappa shape index (κ3) is 2.43. The van der Waals surface area contributed by atoms with E-state index in [9.17, 15) is 4.79 Å². The SMILES string of the molecule is Nc1ccc(Cl)c(C(=O)Nc2ccc3ncsc3c2)n1. The number of carbonyl (C=O) groups is 1. The Morgan fingerprint density at radius 3 is 3.00 bits per heavy atom. The van der Waals surface area contributed by atoms with Crippen molar-refractivity contribution in [3.8, 4) is 0 Å². The fraction of sp³-hybridized carbons (Fsp3) is 0. The Bertz CT molecular complexity index is 802. The predicted molar refractivity (Wildman–Crippen MR) is 81.2 cm³/mol. The minimum absolute atomic E-state index is 0.107. The highest BCUT2D eigenvalue weighted by atomic mass is 35.5. The van der Waals surface area contributed by atoms with Gasteiger partial charge in [0.1, 0.15) is 11.5 Å². The molecule has 3 N–H and O–H groups in total. The molecule has 1 amide bonds. The molecule has 0 radical (unpaired) electrons.